The highest BCUT2D eigenvalue weighted by molar-refractivity contribution is 7.18. The van der Waals surface area contributed by atoms with Gasteiger partial charge in [0.2, 0.25) is 5.13 Å². The van der Waals surface area contributed by atoms with Crippen molar-refractivity contribution in [3.05, 3.63) is 59.6 Å². The van der Waals surface area contributed by atoms with E-state index in [-0.39, 0.29) is 6.04 Å². The van der Waals surface area contributed by atoms with Gasteiger partial charge >= 0.3 is 0 Å². The van der Waals surface area contributed by atoms with Crippen LogP contribution < -0.4 is 5.73 Å². The minimum absolute atomic E-state index is 0.276. The van der Waals surface area contributed by atoms with Crippen molar-refractivity contribution in [2.75, 3.05) is 6.54 Å². The van der Waals surface area contributed by atoms with E-state index in [0.29, 0.717) is 17.5 Å². The summed E-state index contributed by atoms with van der Waals surface area (Å²) in [6.45, 7) is 0.341. The summed E-state index contributed by atoms with van der Waals surface area (Å²) < 4.78 is 5.45. The second-order valence-electron chi connectivity index (χ2n) is 5.25. The van der Waals surface area contributed by atoms with Crippen LogP contribution in [0.15, 0.2) is 64.8 Å². The van der Waals surface area contributed by atoms with Crippen molar-refractivity contribution in [1.82, 2.24) is 14.3 Å². The fourth-order valence-electron chi connectivity index (χ4n) is 2.31. The predicted molar refractivity (Wildman–Crippen MR) is 101 cm³/mol. The molecule has 0 radical (unpaired) electrons. The molecule has 2 N–H and O–H groups in total. The molecule has 0 aliphatic rings. The normalized spacial score (nSPS) is 12.8. The minimum Gasteiger partial charge on any atom is -0.328 e. The molecule has 1 unspecified atom stereocenters. The third-order valence-electron chi connectivity index (χ3n) is 3.55. The molecule has 2 aromatic heterocycles. The molecule has 0 amide bonds. The Bertz CT molecular complexity index is 975. The van der Waals surface area contributed by atoms with E-state index in [1.165, 1.54) is 11.5 Å². The number of thiazole rings is 1. The Hall–Kier alpha value is -2.55. The molecule has 0 aliphatic carbocycles. The molecule has 6 nitrogen and oxygen atoms in total. The summed E-state index contributed by atoms with van der Waals surface area (Å²) in [6.07, 6.45) is 0. The molecule has 4 aromatic rings. The van der Waals surface area contributed by atoms with Crippen LogP contribution in [0.5, 0.6) is 0 Å². The molecule has 0 spiro atoms. The van der Waals surface area contributed by atoms with Crippen LogP contribution in [0.2, 0.25) is 0 Å². The second kappa shape index (κ2) is 7.14. The average molecular weight is 366 g/mol. The van der Waals surface area contributed by atoms with Crippen molar-refractivity contribution in [2.45, 2.75) is 6.04 Å². The van der Waals surface area contributed by atoms with Gasteiger partial charge in [0.25, 0.3) is 0 Å². The standard InChI is InChI=1S/C17H14N6S2/c18-10-13(16-19-12-8-4-5-9-14(12)24-16)21-22-17-20-15(23-25-17)11-6-2-1-3-7-11/h1-9,13H,10,18H2/b22-21+. The van der Waals surface area contributed by atoms with E-state index in [4.69, 9.17) is 5.73 Å². The number of nitrogens with two attached hydrogens (primary N) is 1. The van der Waals surface area contributed by atoms with Crippen molar-refractivity contribution in [2.24, 2.45) is 16.0 Å². The van der Waals surface area contributed by atoms with Crippen LogP contribution in [-0.2, 0) is 0 Å². The summed E-state index contributed by atoms with van der Waals surface area (Å²) in [7, 11) is 0. The first kappa shape index (κ1) is 15.9. The van der Waals surface area contributed by atoms with Gasteiger partial charge in [-0.3, -0.25) is 0 Å². The molecule has 0 saturated heterocycles. The number of fused-ring (bicyclic) bond motifs is 1. The van der Waals surface area contributed by atoms with Crippen molar-refractivity contribution in [3.63, 3.8) is 0 Å². The summed E-state index contributed by atoms with van der Waals surface area (Å²) in [5, 5.41) is 9.94. The number of azo groups is 1. The molecule has 1 atom stereocenters. The predicted octanol–water partition coefficient (Wildman–Crippen LogP) is 4.60. The van der Waals surface area contributed by atoms with Gasteiger partial charge in [-0.15, -0.1) is 16.5 Å². The number of para-hydroxylation sites is 1. The van der Waals surface area contributed by atoms with Gasteiger partial charge in [0.15, 0.2) is 5.82 Å². The topological polar surface area (TPSA) is 89.4 Å². The first-order chi connectivity index (χ1) is 12.3. The number of nitrogens with zero attached hydrogens (tertiary/aromatic N) is 5. The number of hydrogen-bond donors (Lipinski definition) is 1. The summed E-state index contributed by atoms with van der Waals surface area (Å²) in [6, 6.07) is 17.5. The van der Waals surface area contributed by atoms with E-state index in [1.54, 1.807) is 11.3 Å². The first-order valence-corrected chi connectivity index (χ1v) is 9.28. The molecule has 8 heteroatoms. The Morgan fingerprint density at radius 2 is 1.80 bits per heavy atom. The lowest BCUT2D eigenvalue weighted by atomic mass is 10.2. The van der Waals surface area contributed by atoms with Crippen LogP contribution in [0.4, 0.5) is 5.13 Å². The maximum atomic E-state index is 5.87. The van der Waals surface area contributed by atoms with E-state index in [1.807, 2.05) is 54.6 Å². The fourth-order valence-corrected chi connectivity index (χ4v) is 3.85. The Morgan fingerprint density at radius 3 is 2.60 bits per heavy atom. The summed E-state index contributed by atoms with van der Waals surface area (Å²) in [4.78, 5) is 9.01. The molecular formula is C17H14N6S2. The highest BCUT2D eigenvalue weighted by Gasteiger charge is 2.14. The molecule has 0 aliphatic heterocycles. The number of hydrogen-bond acceptors (Lipinski definition) is 8. The smallest absolute Gasteiger partial charge is 0.249 e. The molecule has 2 heterocycles. The third-order valence-corrected chi connectivity index (χ3v) is 5.29. The van der Waals surface area contributed by atoms with Crippen molar-refractivity contribution in [3.8, 4) is 11.4 Å². The second-order valence-corrected chi connectivity index (χ2v) is 7.05. The van der Waals surface area contributed by atoms with E-state index in [9.17, 15) is 0 Å². The number of rotatable bonds is 5. The fraction of sp³-hybridized carbons (Fsp3) is 0.118. The molecule has 124 valence electrons. The average Bonchev–Trinajstić information content (AvgIpc) is 3.30. The van der Waals surface area contributed by atoms with E-state index in [2.05, 4.69) is 24.6 Å². The van der Waals surface area contributed by atoms with Crippen molar-refractivity contribution < 1.29 is 0 Å². The zero-order chi connectivity index (χ0) is 17.1. The van der Waals surface area contributed by atoms with Crippen LogP contribution in [0.1, 0.15) is 11.0 Å². The van der Waals surface area contributed by atoms with Gasteiger partial charge in [0.05, 0.1) is 10.2 Å². The Labute approximate surface area is 152 Å². The van der Waals surface area contributed by atoms with Gasteiger partial charge < -0.3 is 5.73 Å². The van der Waals surface area contributed by atoms with Crippen LogP contribution in [0, 0.1) is 0 Å². The SMILES string of the molecule is NCC(/N=N/c1nc(-c2ccccc2)ns1)c1nc2ccccc2s1. The maximum Gasteiger partial charge on any atom is 0.249 e. The third kappa shape index (κ3) is 3.46. The lowest BCUT2D eigenvalue weighted by Gasteiger charge is -2.02. The van der Waals surface area contributed by atoms with E-state index in [0.717, 1.165) is 20.8 Å². The van der Waals surface area contributed by atoms with Crippen LogP contribution in [-0.4, -0.2) is 20.9 Å². The van der Waals surface area contributed by atoms with Gasteiger partial charge in [-0.1, -0.05) is 42.5 Å². The number of benzene rings is 2. The Kier molecular flexibility index (Phi) is 4.55. The Balaban J connectivity index is 1.56. The molecular weight excluding hydrogens is 352 g/mol. The molecule has 2 aromatic carbocycles. The first-order valence-electron chi connectivity index (χ1n) is 7.69. The van der Waals surface area contributed by atoms with Gasteiger partial charge in [-0.05, 0) is 12.1 Å². The van der Waals surface area contributed by atoms with E-state index < -0.39 is 0 Å². The van der Waals surface area contributed by atoms with Crippen LogP contribution in [0.25, 0.3) is 21.6 Å². The molecule has 0 fully saturated rings. The van der Waals surface area contributed by atoms with E-state index >= 15 is 0 Å². The summed E-state index contributed by atoms with van der Waals surface area (Å²) in [5.41, 5.74) is 7.78. The zero-order valence-corrected chi connectivity index (χ0v) is 14.7. The zero-order valence-electron chi connectivity index (χ0n) is 13.1. The Morgan fingerprint density at radius 1 is 1.00 bits per heavy atom. The minimum atomic E-state index is -0.276. The monoisotopic (exact) mass is 366 g/mol. The number of aromatic nitrogens is 3. The highest BCUT2D eigenvalue weighted by Crippen LogP contribution is 2.29. The summed E-state index contributed by atoms with van der Waals surface area (Å²) >= 11 is 2.81. The van der Waals surface area contributed by atoms with Crippen molar-refractivity contribution >= 4 is 38.2 Å². The largest absolute Gasteiger partial charge is 0.328 e. The molecule has 0 saturated carbocycles. The summed E-state index contributed by atoms with van der Waals surface area (Å²) in [5.74, 6) is 0.656. The van der Waals surface area contributed by atoms with Gasteiger partial charge in [-0.2, -0.15) is 14.5 Å². The lowest BCUT2D eigenvalue weighted by molar-refractivity contribution is 0.694. The van der Waals surface area contributed by atoms with Crippen LogP contribution in [0.3, 0.4) is 0 Å². The molecule has 25 heavy (non-hydrogen) atoms. The van der Waals surface area contributed by atoms with Gasteiger partial charge in [0, 0.05) is 23.6 Å². The van der Waals surface area contributed by atoms with Gasteiger partial charge in [0.1, 0.15) is 11.0 Å². The highest BCUT2D eigenvalue weighted by atomic mass is 32.1. The maximum absolute atomic E-state index is 5.87. The quantitative estimate of drug-likeness (QED) is 0.523. The van der Waals surface area contributed by atoms with Gasteiger partial charge in [-0.25, -0.2) is 4.98 Å². The lowest BCUT2D eigenvalue weighted by Crippen LogP contribution is -2.09. The molecule has 0 bridgehead atoms. The van der Waals surface area contributed by atoms with Crippen LogP contribution >= 0.6 is 22.9 Å². The van der Waals surface area contributed by atoms with Crippen molar-refractivity contribution in [1.29, 1.82) is 0 Å². The molecule has 4 rings (SSSR count).